The third kappa shape index (κ3) is 12.6. The SMILES string of the molecule is NC(CCCCCCCCl)CC(=O)N1CCCC1C(=O)NC(CCc1ccc(O)cc1)C(=O)N1CCCC1C(=O)NC(Cc1ccc(O)cc1)C(=O)O. The highest BCUT2D eigenvalue weighted by Gasteiger charge is 2.41. The predicted octanol–water partition coefficient (Wildman–Crippen LogP) is 3.61. The van der Waals surface area contributed by atoms with E-state index in [9.17, 15) is 39.3 Å². The molecular weight excluding hydrogens is 702 g/mol. The van der Waals surface area contributed by atoms with E-state index in [1.54, 1.807) is 29.2 Å². The molecule has 2 aromatic rings. The fraction of sp³-hybridized carbons (Fsp3) is 0.564. The van der Waals surface area contributed by atoms with E-state index in [4.69, 9.17) is 17.3 Å². The number of carboxylic acids is 1. The number of rotatable bonds is 20. The van der Waals surface area contributed by atoms with Crippen molar-refractivity contribution < 1.29 is 39.3 Å². The Morgan fingerprint density at radius 2 is 1.26 bits per heavy atom. The largest absolute Gasteiger partial charge is 0.508 e. The van der Waals surface area contributed by atoms with Crippen LogP contribution >= 0.6 is 11.6 Å². The monoisotopic (exact) mass is 755 g/mol. The van der Waals surface area contributed by atoms with Gasteiger partial charge in [-0.1, -0.05) is 49.9 Å². The van der Waals surface area contributed by atoms with Gasteiger partial charge in [0.25, 0.3) is 0 Å². The number of aliphatic carboxylic acids is 1. The molecule has 5 unspecified atom stereocenters. The van der Waals surface area contributed by atoms with Crippen LogP contribution in [0.3, 0.4) is 0 Å². The minimum Gasteiger partial charge on any atom is -0.508 e. The molecule has 0 spiro atoms. The fourth-order valence-electron chi connectivity index (χ4n) is 7.15. The molecule has 0 aliphatic carbocycles. The summed E-state index contributed by atoms with van der Waals surface area (Å²) in [7, 11) is 0. The first-order chi connectivity index (χ1) is 25.5. The number of benzene rings is 2. The Hall–Kier alpha value is -4.36. The number of aryl methyl sites for hydroxylation is 1. The number of hydrogen-bond acceptors (Lipinski definition) is 8. The predicted molar refractivity (Wildman–Crippen MR) is 200 cm³/mol. The highest BCUT2D eigenvalue weighted by atomic mass is 35.5. The average molecular weight is 756 g/mol. The lowest BCUT2D eigenvalue weighted by Crippen LogP contribution is -2.57. The standard InChI is InChI=1S/C39H54ClN5O8/c40-21-5-3-1-2-4-8-28(41)25-35(48)44-22-6-9-33(44)36(49)42-31(20-15-26-11-16-29(46)17-12-26)38(51)45-23-7-10-34(45)37(50)43-32(39(52)53)24-27-13-18-30(47)19-14-27/h11-14,16-19,28,31-34,46-47H,1-10,15,20-25,41H2,(H,42,49)(H,43,50)(H,52,53). The lowest BCUT2D eigenvalue weighted by Gasteiger charge is -2.31. The number of likely N-dealkylation sites (tertiary alicyclic amines) is 2. The topological polar surface area (TPSA) is 203 Å². The lowest BCUT2D eigenvalue weighted by atomic mass is 10.0. The lowest BCUT2D eigenvalue weighted by molar-refractivity contribution is -0.145. The van der Waals surface area contributed by atoms with Crippen LogP contribution in [0.4, 0.5) is 0 Å². The number of alkyl halides is 1. The first-order valence-electron chi connectivity index (χ1n) is 18.8. The Labute approximate surface area is 316 Å². The van der Waals surface area contributed by atoms with Crippen molar-refractivity contribution in [1.82, 2.24) is 20.4 Å². The number of hydrogen-bond donors (Lipinski definition) is 6. The van der Waals surface area contributed by atoms with Crippen LogP contribution in [-0.2, 0) is 36.8 Å². The number of phenols is 2. The maximum Gasteiger partial charge on any atom is 0.326 e. The Bertz CT molecular complexity index is 1520. The van der Waals surface area contributed by atoms with Crippen molar-refractivity contribution in [3.8, 4) is 11.5 Å². The zero-order chi connectivity index (χ0) is 38.3. The highest BCUT2D eigenvalue weighted by molar-refractivity contribution is 6.17. The van der Waals surface area contributed by atoms with Crippen molar-refractivity contribution in [2.75, 3.05) is 19.0 Å². The number of halogens is 1. The van der Waals surface area contributed by atoms with Gasteiger partial charge in [0.2, 0.25) is 23.6 Å². The highest BCUT2D eigenvalue weighted by Crippen LogP contribution is 2.24. The molecule has 5 atom stereocenters. The van der Waals surface area contributed by atoms with Gasteiger partial charge < -0.3 is 41.5 Å². The van der Waals surface area contributed by atoms with Crippen molar-refractivity contribution in [3.63, 3.8) is 0 Å². The molecule has 13 nitrogen and oxygen atoms in total. The molecule has 4 amide bonds. The van der Waals surface area contributed by atoms with Gasteiger partial charge in [-0.25, -0.2) is 4.79 Å². The molecular formula is C39H54ClN5O8. The summed E-state index contributed by atoms with van der Waals surface area (Å²) in [6.07, 6.45) is 8.35. The molecule has 7 N–H and O–H groups in total. The summed E-state index contributed by atoms with van der Waals surface area (Å²) in [6.45, 7) is 0.661. The summed E-state index contributed by atoms with van der Waals surface area (Å²) in [5.74, 6) is -2.18. The molecule has 0 radical (unpaired) electrons. The second-order valence-electron chi connectivity index (χ2n) is 14.2. The van der Waals surface area contributed by atoms with Gasteiger partial charge in [0, 0.05) is 37.9 Å². The van der Waals surface area contributed by atoms with E-state index in [0.29, 0.717) is 56.5 Å². The molecule has 53 heavy (non-hydrogen) atoms. The van der Waals surface area contributed by atoms with Crippen molar-refractivity contribution in [2.45, 2.75) is 120 Å². The first-order valence-corrected chi connectivity index (χ1v) is 19.3. The molecule has 0 bridgehead atoms. The summed E-state index contributed by atoms with van der Waals surface area (Å²) < 4.78 is 0. The number of nitrogens with two attached hydrogens (primary N) is 1. The van der Waals surface area contributed by atoms with E-state index in [0.717, 1.165) is 37.7 Å². The number of unbranched alkanes of at least 4 members (excludes halogenated alkanes) is 4. The van der Waals surface area contributed by atoms with Crippen LogP contribution in [0.2, 0.25) is 0 Å². The summed E-state index contributed by atoms with van der Waals surface area (Å²) >= 11 is 5.75. The quantitative estimate of drug-likeness (QED) is 0.0863. The van der Waals surface area contributed by atoms with Gasteiger partial charge in [0.1, 0.15) is 35.7 Å². The van der Waals surface area contributed by atoms with Crippen LogP contribution in [0.15, 0.2) is 48.5 Å². The zero-order valence-electron chi connectivity index (χ0n) is 30.3. The van der Waals surface area contributed by atoms with E-state index < -0.39 is 47.9 Å². The summed E-state index contributed by atoms with van der Waals surface area (Å²) in [5, 5.41) is 34.7. The maximum atomic E-state index is 14.2. The number of phenolic OH excluding ortho intramolecular Hbond substituents is 2. The number of carbonyl (C=O) groups is 5. The van der Waals surface area contributed by atoms with Crippen molar-refractivity contribution in [1.29, 1.82) is 0 Å². The van der Waals surface area contributed by atoms with Crippen molar-refractivity contribution in [2.24, 2.45) is 5.73 Å². The van der Waals surface area contributed by atoms with Gasteiger partial charge in [-0.15, -0.1) is 11.6 Å². The van der Waals surface area contributed by atoms with Crippen LogP contribution in [0.1, 0.15) is 88.2 Å². The molecule has 2 aliphatic heterocycles. The van der Waals surface area contributed by atoms with Gasteiger partial charge >= 0.3 is 5.97 Å². The Kier molecular flexibility index (Phi) is 16.2. The third-order valence-electron chi connectivity index (χ3n) is 10.1. The number of nitrogens with zero attached hydrogens (tertiary/aromatic N) is 2. The number of aromatic hydroxyl groups is 2. The number of nitrogens with one attached hydrogen (secondary N) is 2. The minimum absolute atomic E-state index is 0.0239. The second-order valence-corrected chi connectivity index (χ2v) is 14.6. The molecule has 2 aromatic carbocycles. The Morgan fingerprint density at radius 3 is 1.87 bits per heavy atom. The van der Waals surface area contributed by atoms with Gasteiger partial charge in [0.15, 0.2) is 0 Å². The number of carboxylic acid groups (broad SMARTS) is 1. The molecule has 0 aromatic heterocycles. The molecule has 14 heteroatoms. The maximum absolute atomic E-state index is 14.2. The van der Waals surface area contributed by atoms with E-state index >= 15 is 0 Å². The van der Waals surface area contributed by atoms with E-state index in [2.05, 4.69) is 10.6 Å². The molecule has 4 rings (SSSR count). The van der Waals surface area contributed by atoms with Crippen LogP contribution in [0, 0.1) is 0 Å². The summed E-state index contributed by atoms with van der Waals surface area (Å²) in [4.78, 5) is 70.0. The molecule has 2 aliphatic rings. The fourth-order valence-corrected chi connectivity index (χ4v) is 7.34. The Balaban J connectivity index is 1.42. The second kappa shape index (κ2) is 20.8. The first kappa shape index (κ1) is 41.4. The molecule has 290 valence electrons. The molecule has 2 fully saturated rings. The normalized spacial score (nSPS) is 18.7. The summed E-state index contributed by atoms with van der Waals surface area (Å²) in [6, 6.07) is 8.23. The van der Waals surface area contributed by atoms with Gasteiger partial charge in [-0.2, -0.15) is 0 Å². The van der Waals surface area contributed by atoms with Crippen LogP contribution in [-0.4, -0.2) is 104 Å². The minimum atomic E-state index is -1.27. The summed E-state index contributed by atoms with van der Waals surface area (Å²) in [5.41, 5.74) is 7.75. The smallest absolute Gasteiger partial charge is 0.326 e. The molecule has 2 saturated heterocycles. The van der Waals surface area contributed by atoms with Gasteiger partial charge in [0.05, 0.1) is 0 Å². The molecule has 2 heterocycles. The third-order valence-corrected chi connectivity index (χ3v) is 10.4. The average Bonchev–Trinajstić information content (AvgIpc) is 3.84. The van der Waals surface area contributed by atoms with Crippen LogP contribution in [0.25, 0.3) is 0 Å². The number of carbonyl (C=O) groups excluding carboxylic acids is 4. The number of amides is 4. The van der Waals surface area contributed by atoms with Crippen LogP contribution < -0.4 is 16.4 Å². The van der Waals surface area contributed by atoms with E-state index in [1.165, 1.54) is 29.2 Å². The Morgan fingerprint density at radius 1 is 0.736 bits per heavy atom. The zero-order valence-corrected chi connectivity index (χ0v) is 31.0. The van der Waals surface area contributed by atoms with E-state index in [-0.39, 0.29) is 49.3 Å². The van der Waals surface area contributed by atoms with Gasteiger partial charge in [-0.05, 0) is 86.8 Å². The van der Waals surface area contributed by atoms with Crippen LogP contribution in [0.5, 0.6) is 11.5 Å². The van der Waals surface area contributed by atoms with Crippen molar-refractivity contribution in [3.05, 3.63) is 59.7 Å². The van der Waals surface area contributed by atoms with E-state index in [1.807, 2.05) is 0 Å². The van der Waals surface area contributed by atoms with Crippen molar-refractivity contribution >= 4 is 41.2 Å². The van der Waals surface area contributed by atoms with Gasteiger partial charge in [-0.3, -0.25) is 19.2 Å². The molecule has 0 saturated carbocycles.